The molecule has 0 radical (unpaired) electrons. The number of benzene rings is 1. The molecule has 1 aliphatic carbocycles. The number of ether oxygens (including phenoxy) is 1. The molecule has 0 bridgehead atoms. The van der Waals surface area contributed by atoms with Crippen LogP contribution in [0.3, 0.4) is 0 Å². The molecule has 164 valence electrons. The predicted molar refractivity (Wildman–Crippen MR) is 116 cm³/mol. The number of hydrogen-bond acceptors (Lipinski definition) is 6. The number of nitrogens with zero attached hydrogens (tertiary/aromatic N) is 3. The molecule has 1 spiro atoms. The van der Waals surface area contributed by atoms with Crippen molar-refractivity contribution in [3.05, 3.63) is 57.0 Å². The maximum absolute atomic E-state index is 12.8. The number of carbonyl (C=O) groups is 1. The number of rotatable bonds is 4. The summed E-state index contributed by atoms with van der Waals surface area (Å²) in [5.74, 6) is -0.209. The van der Waals surface area contributed by atoms with Gasteiger partial charge in [0.25, 0.3) is 5.56 Å². The zero-order chi connectivity index (χ0) is 21.4. The first-order chi connectivity index (χ1) is 15.0. The van der Waals surface area contributed by atoms with E-state index in [9.17, 15) is 9.59 Å². The molecule has 8 nitrogen and oxygen atoms in total. The fourth-order valence-corrected chi connectivity index (χ4v) is 5.20. The molecule has 2 fully saturated rings. The summed E-state index contributed by atoms with van der Waals surface area (Å²) in [4.78, 5) is 36.3. The van der Waals surface area contributed by atoms with Gasteiger partial charge in [0.05, 0.1) is 24.5 Å². The van der Waals surface area contributed by atoms with Gasteiger partial charge in [-0.25, -0.2) is 9.78 Å². The number of aromatic carboxylic acids is 1. The second-order valence-electron chi connectivity index (χ2n) is 8.87. The molecule has 8 heteroatoms. The van der Waals surface area contributed by atoms with Crippen LogP contribution >= 0.6 is 0 Å². The predicted octanol–water partition coefficient (Wildman–Crippen LogP) is 1.78. The summed E-state index contributed by atoms with van der Waals surface area (Å²) in [5, 5.41) is 9.07. The Balaban J connectivity index is 1.30. The summed E-state index contributed by atoms with van der Waals surface area (Å²) in [6.07, 6.45) is 3.78. The number of hydrogen-bond donors (Lipinski definition) is 2. The number of morpholine rings is 1. The van der Waals surface area contributed by atoms with E-state index in [1.165, 1.54) is 0 Å². The van der Waals surface area contributed by atoms with Gasteiger partial charge in [0.1, 0.15) is 0 Å². The highest BCUT2D eigenvalue weighted by Crippen LogP contribution is 2.44. The number of carboxylic acid groups (broad SMARTS) is 1. The molecule has 1 aromatic heterocycles. The number of carboxylic acids is 1. The van der Waals surface area contributed by atoms with Crippen LogP contribution in [-0.2, 0) is 23.1 Å². The van der Waals surface area contributed by atoms with Crippen molar-refractivity contribution in [3.63, 3.8) is 0 Å². The van der Waals surface area contributed by atoms with Gasteiger partial charge in [-0.2, -0.15) is 0 Å². The monoisotopic (exact) mass is 424 g/mol. The minimum absolute atomic E-state index is 0.00566. The fourth-order valence-electron chi connectivity index (χ4n) is 5.20. The summed E-state index contributed by atoms with van der Waals surface area (Å²) < 4.78 is 5.44. The van der Waals surface area contributed by atoms with Crippen molar-refractivity contribution in [3.8, 4) is 0 Å². The van der Waals surface area contributed by atoms with Gasteiger partial charge in [0, 0.05) is 30.6 Å². The van der Waals surface area contributed by atoms with Crippen LogP contribution in [0.25, 0.3) is 0 Å². The Kier molecular flexibility index (Phi) is 5.27. The van der Waals surface area contributed by atoms with Crippen LogP contribution < -0.4 is 10.5 Å². The summed E-state index contributed by atoms with van der Waals surface area (Å²) in [5.41, 5.74) is 3.34. The minimum Gasteiger partial charge on any atom is -0.478 e. The average molecular weight is 425 g/mol. The Bertz CT molecular complexity index is 1020. The molecule has 31 heavy (non-hydrogen) atoms. The van der Waals surface area contributed by atoms with E-state index in [-0.39, 0.29) is 11.0 Å². The Hall–Kier alpha value is -2.71. The van der Waals surface area contributed by atoms with Gasteiger partial charge in [-0.05, 0) is 56.5 Å². The van der Waals surface area contributed by atoms with Gasteiger partial charge in [0.2, 0.25) is 5.95 Å². The molecule has 2 N–H and O–H groups in total. The smallest absolute Gasteiger partial charge is 0.335 e. The first-order valence-corrected chi connectivity index (χ1v) is 11.1. The maximum atomic E-state index is 12.8. The van der Waals surface area contributed by atoms with Gasteiger partial charge in [-0.3, -0.25) is 14.7 Å². The lowest BCUT2D eigenvalue weighted by atomic mass is 9.76. The number of likely N-dealkylation sites (tertiary alicyclic amines) is 1. The van der Waals surface area contributed by atoms with Gasteiger partial charge < -0.3 is 14.7 Å². The Labute approximate surface area is 180 Å². The largest absolute Gasteiger partial charge is 0.478 e. The van der Waals surface area contributed by atoms with Crippen molar-refractivity contribution < 1.29 is 14.6 Å². The molecule has 2 aromatic rings. The maximum Gasteiger partial charge on any atom is 0.335 e. The Morgan fingerprint density at radius 3 is 2.48 bits per heavy atom. The number of fused-ring (bicyclic) bond motifs is 2. The molecular weight excluding hydrogens is 396 g/mol. The molecule has 3 heterocycles. The third kappa shape index (κ3) is 3.85. The lowest BCUT2D eigenvalue weighted by Crippen LogP contribution is -2.43. The first kappa shape index (κ1) is 20.2. The number of nitrogens with one attached hydrogen (secondary N) is 1. The van der Waals surface area contributed by atoms with Crippen molar-refractivity contribution in [2.24, 2.45) is 0 Å². The summed E-state index contributed by atoms with van der Waals surface area (Å²) in [6, 6.07) is 7.13. The molecule has 1 aromatic carbocycles. The van der Waals surface area contributed by atoms with Gasteiger partial charge in [0.15, 0.2) is 0 Å². The first-order valence-electron chi connectivity index (χ1n) is 11.1. The highest BCUT2D eigenvalue weighted by Gasteiger charge is 2.44. The molecule has 0 amide bonds. The summed E-state index contributed by atoms with van der Waals surface area (Å²) in [6.45, 7) is 5.53. The van der Waals surface area contributed by atoms with Crippen LogP contribution in [0, 0.1) is 0 Å². The van der Waals surface area contributed by atoms with E-state index in [1.807, 2.05) is 12.1 Å². The van der Waals surface area contributed by atoms with Crippen LogP contribution in [0.2, 0.25) is 0 Å². The lowest BCUT2D eigenvalue weighted by molar-refractivity contribution is 0.0697. The Morgan fingerprint density at radius 1 is 1.10 bits per heavy atom. The zero-order valence-electron chi connectivity index (χ0n) is 17.6. The molecule has 3 aliphatic rings. The van der Waals surface area contributed by atoms with Crippen LogP contribution in [-0.4, -0.2) is 65.3 Å². The standard InChI is InChI=1S/C23H28N4O4/c28-20-18-5-6-23(19(18)24-22(25-20)27-11-13-31-14-12-27)7-9-26(10-8-23)15-16-1-3-17(4-2-16)21(29)30/h1-4H,5-15H2,(H,29,30)(H,24,25,28). The highest BCUT2D eigenvalue weighted by molar-refractivity contribution is 5.87. The fraction of sp³-hybridized carbons (Fsp3) is 0.522. The molecular formula is C23H28N4O4. The average Bonchev–Trinajstić information content (AvgIpc) is 3.15. The lowest BCUT2D eigenvalue weighted by Gasteiger charge is -2.39. The van der Waals surface area contributed by atoms with Gasteiger partial charge in [-0.1, -0.05) is 12.1 Å². The number of piperidine rings is 1. The molecule has 0 unspecified atom stereocenters. The molecule has 5 rings (SSSR count). The SMILES string of the molecule is O=C(O)c1ccc(CN2CCC3(CCc4c3nc(N3CCOCC3)[nH]c4=O)CC2)cc1. The van der Waals surface area contributed by atoms with Crippen molar-refractivity contribution >= 4 is 11.9 Å². The van der Waals surface area contributed by atoms with E-state index in [4.69, 9.17) is 14.8 Å². The van der Waals surface area contributed by atoms with Crippen molar-refractivity contribution in [2.45, 2.75) is 37.6 Å². The van der Waals surface area contributed by atoms with Gasteiger partial charge >= 0.3 is 5.97 Å². The van der Waals surface area contributed by atoms with Crippen LogP contribution in [0.4, 0.5) is 5.95 Å². The summed E-state index contributed by atoms with van der Waals surface area (Å²) >= 11 is 0. The molecule has 0 atom stereocenters. The van der Waals surface area contributed by atoms with Crippen molar-refractivity contribution in [1.82, 2.24) is 14.9 Å². The van der Waals surface area contributed by atoms with Crippen LogP contribution in [0.15, 0.2) is 29.1 Å². The second-order valence-corrected chi connectivity index (χ2v) is 8.87. The molecule has 2 saturated heterocycles. The normalized spacial score (nSPS) is 20.7. The minimum atomic E-state index is -0.898. The number of aromatic amines is 1. The van der Waals surface area contributed by atoms with E-state index in [1.54, 1.807) is 12.1 Å². The van der Waals surface area contributed by atoms with Crippen LogP contribution in [0.1, 0.15) is 46.4 Å². The molecule has 0 saturated carbocycles. The quantitative estimate of drug-likeness (QED) is 0.772. The van der Waals surface area contributed by atoms with E-state index < -0.39 is 5.97 Å². The third-order valence-electron chi connectivity index (χ3n) is 7.09. The van der Waals surface area contributed by atoms with E-state index in [0.29, 0.717) is 24.7 Å². The second kappa shape index (κ2) is 8.09. The Morgan fingerprint density at radius 2 is 1.81 bits per heavy atom. The summed E-state index contributed by atoms with van der Waals surface area (Å²) in [7, 11) is 0. The van der Waals surface area contributed by atoms with Gasteiger partial charge in [-0.15, -0.1) is 0 Å². The topological polar surface area (TPSA) is 98.8 Å². The number of anilines is 1. The van der Waals surface area contributed by atoms with Crippen molar-refractivity contribution in [1.29, 1.82) is 0 Å². The number of aromatic nitrogens is 2. The highest BCUT2D eigenvalue weighted by atomic mass is 16.5. The van der Waals surface area contributed by atoms with E-state index in [2.05, 4.69) is 14.8 Å². The molecule has 2 aliphatic heterocycles. The third-order valence-corrected chi connectivity index (χ3v) is 7.09. The van der Waals surface area contributed by atoms with Crippen molar-refractivity contribution in [2.75, 3.05) is 44.3 Å². The van der Waals surface area contributed by atoms with E-state index in [0.717, 1.165) is 75.2 Å². The number of H-pyrrole nitrogens is 1. The van der Waals surface area contributed by atoms with Crippen LogP contribution in [0.5, 0.6) is 0 Å². The zero-order valence-corrected chi connectivity index (χ0v) is 17.6. The van der Waals surface area contributed by atoms with E-state index >= 15 is 0 Å².